The maximum absolute atomic E-state index is 3.86. The van der Waals surface area contributed by atoms with Crippen LogP contribution in [0.3, 0.4) is 0 Å². The fourth-order valence-corrected chi connectivity index (χ4v) is 4.14. The SMILES string of the molecule is CC1(C2CCCCC2)Nc2ccccc2-n2cccc21. The van der Waals surface area contributed by atoms with Crippen LogP contribution in [0.1, 0.15) is 44.7 Å². The van der Waals surface area contributed by atoms with Gasteiger partial charge in [0.2, 0.25) is 0 Å². The molecule has 4 rings (SSSR count). The number of hydrogen-bond acceptors (Lipinski definition) is 1. The van der Waals surface area contributed by atoms with E-state index in [1.54, 1.807) is 0 Å². The molecule has 0 radical (unpaired) electrons. The molecular formula is C18H22N2. The summed E-state index contributed by atoms with van der Waals surface area (Å²) in [6.45, 7) is 2.39. The van der Waals surface area contributed by atoms with Gasteiger partial charge in [-0.15, -0.1) is 0 Å². The van der Waals surface area contributed by atoms with E-state index in [1.165, 1.54) is 49.2 Å². The molecule has 1 atom stereocenters. The van der Waals surface area contributed by atoms with Gasteiger partial charge in [-0.25, -0.2) is 0 Å². The third-order valence-electron chi connectivity index (χ3n) is 5.26. The highest BCUT2D eigenvalue weighted by Crippen LogP contribution is 2.46. The summed E-state index contributed by atoms with van der Waals surface area (Å²) >= 11 is 0. The van der Waals surface area contributed by atoms with Crippen LogP contribution in [0.2, 0.25) is 0 Å². The Hall–Kier alpha value is -1.70. The molecule has 1 unspecified atom stereocenters. The van der Waals surface area contributed by atoms with Crippen LogP contribution in [0.5, 0.6) is 0 Å². The van der Waals surface area contributed by atoms with Gasteiger partial charge in [-0.05, 0) is 49.9 Å². The second-order valence-corrected chi connectivity index (χ2v) is 6.44. The Labute approximate surface area is 120 Å². The highest BCUT2D eigenvalue weighted by Gasteiger charge is 2.41. The second-order valence-electron chi connectivity index (χ2n) is 6.44. The number of nitrogens with one attached hydrogen (secondary N) is 1. The Bertz CT molecular complexity index is 622. The second kappa shape index (κ2) is 4.41. The first-order valence-electron chi connectivity index (χ1n) is 7.84. The molecule has 2 nitrogen and oxygen atoms in total. The first kappa shape index (κ1) is 12.1. The maximum atomic E-state index is 3.86. The van der Waals surface area contributed by atoms with Gasteiger partial charge in [-0.3, -0.25) is 0 Å². The summed E-state index contributed by atoms with van der Waals surface area (Å²) in [5.74, 6) is 0.734. The van der Waals surface area contributed by atoms with Gasteiger partial charge in [0.05, 0.1) is 16.9 Å². The van der Waals surface area contributed by atoms with Gasteiger partial charge < -0.3 is 9.88 Å². The van der Waals surface area contributed by atoms with Gasteiger partial charge in [0.25, 0.3) is 0 Å². The lowest BCUT2D eigenvalue weighted by molar-refractivity contribution is 0.235. The number of hydrogen-bond donors (Lipinski definition) is 1. The van der Waals surface area contributed by atoms with E-state index in [1.807, 2.05) is 0 Å². The van der Waals surface area contributed by atoms with Crippen LogP contribution in [0.15, 0.2) is 42.6 Å². The molecule has 0 saturated heterocycles. The number of fused-ring (bicyclic) bond motifs is 3. The first-order chi connectivity index (χ1) is 9.79. The molecule has 0 amide bonds. The number of anilines is 1. The van der Waals surface area contributed by atoms with Gasteiger partial charge >= 0.3 is 0 Å². The number of nitrogens with zero attached hydrogens (tertiary/aromatic N) is 1. The fourth-order valence-electron chi connectivity index (χ4n) is 4.14. The molecule has 1 N–H and O–H groups in total. The molecule has 1 aliphatic heterocycles. The van der Waals surface area contributed by atoms with Crippen LogP contribution in [-0.4, -0.2) is 4.57 Å². The van der Waals surface area contributed by atoms with Gasteiger partial charge in [-0.2, -0.15) is 0 Å². The van der Waals surface area contributed by atoms with E-state index in [4.69, 9.17) is 0 Å². The van der Waals surface area contributed by atoms with Crippen molar-refractivity contribution in [3.63, 3.8) is 0 Å². The third-order valence-corrected chi connectivity index (χ3v) is 5.26. The van der Waals surface area contributed by atoms with Gasteiger partial charge in [0.1, 0.15) is 0 Å². The summed E-state index contributed by atoms with van der Waals surface area (Å²) in [4.78, 5) is 0. The van der Waals surface area contributed by atoms with E-state index in [0.29, 0.717) is 0 Å². The molecule has 1 aromatic carbocycles. The predicted octanol–water partition coefficient (Wildman–Crippen LogP) is 4.70. The molecule has 1 saturated carbocycles. The minimum Gasteiger partial charge on any atom is -0.372 e. The van der Waals surface area contributed by atoms with Gasteiger partial charge in [0.15, 0.2) is 0 Å². The number of aromatic nitrogens is 1. The van der Waals surface area contributed by atoms with E-state index in [2.05, 4.69) is 59.4 Å². The van der Waals surface area contributed by atoms with Crippen LogP contribution in [-0.2, 0) is 5.54 Å². The van der Waals surface area contributed by atoms with E-state index in [-0.39, 0.29) is 5.54 Å². The summed E-state index contributed by atoms with van der Waals surface area (Å²) < 4.78 is 2.38. The van der Waals surface area contributed by atoms with Crippen molar-refractivity contribution in [1.82, 2.24) is 4.57 Å². The average molecular weight is 266 g/mol. The van der Waals surface area contributed by atoms with Crippen molar-refractivity contribution in [2.45, 2.75) is 44.6 Å². The average Bonchev–Trinajstić information content (AvgIpc) is 2.99. The molecular weight excluding hydrogens is 244 g/mol. The van der Waals surface area contributed by atoms with Crippen molar-refractivity contribution in [2.75, 3.05) is 5.32 Å². The van der Waals surface area contributed by atoms with Crippen LogP contribution in [0.4, 0.5) is 5.69 Å². The molecule has 0 bridgehead atoms. The Morgan fingerprint density at radius 1 is 1.05 bits per heavy atom. The summed E-state index contributed by atoms with van der Waals surface area (Å²) in [5.41, 5.74) is 4.03. The minimum atomic E-state index is 0.0677. The lowest BCUT2D eigenvalue weighted by Crippen LogP contribution is -2.44. The monoisotopic (exact) mass is 266 g/mol. The molecule has 0 spiro atoms. The van der Waals surface area contributed by atoms with Crippen LogP contribution in [0, 0.1) is 5.92 Å². The van der Waals surface area contributed by atoms with E-state index in [9.17, 15) is 0 Å². The van der Waals surface area contributed by atoms with E-state index in [0.717, 1.165) is 5.92 Å². The standard InChI is InChI=1S/C18H22N2/c1-18(14-8-3-2-4-9-14)17-12-7-13-20(17)16-11-6-5-10-15(16)19-18/h5-7,10-14,19H,2-4,8-9H2,1H3. The van der Waals surface area contributed by atoms with Crippen molar-refractivity contribution in [3.8, 4) is 5.69 Å². The zero-order chi connectivity index (χ0) is 13.6. The van der Waals surface area contributed by atoms with Gasteiger partial charge in [0, 0.05) is 11.9 Å². The Balaban J connectivity index is 1.84. The summed E-state index contributed by atoms with van der Waals surface area (Å²) in [7, 11) is 0. The lowest BCUT2D eigenvalue weighted by atomic mass is 9.73. The maximum Gasteiger partial charge on any atom is 0.0780 e. The first-order valence-corrected chi connectivity index (χ1v) is 7.84. The topological polar surface area (TPSA) is 17.0 Å². The zero-order valence-corrected chi connectivity index (χ0v) is 12.1. The number of para-hydroxylation sites is 2. The van der Waals surface area contributed by atoms with Crippen LogP contribution >= 0.6 is 0 Å². The van der Waals surface area contributed by atoms with E-state index >= 15 is 0 Å². The number of benzene rings is 1. The number of rotatable bonds is 1. The quantitative estimate of drug-likeness (QED) is 0.791. The Morgan fingerprint density at radius 2 is 1.85 bits per heavy atom. The molecule has 20 heavy (non-hydrogen) atoms. The smallest absolute Gasteiger partial charge is 0.0780 e. The van der Waals surface area contributed by atoms with Crippen molar-refractivity contribution in [3.05, 3.63) is 48.3 Å². The summed E-state index contributed by atoms with van der Waals surface area (Å²) in [6.07, 6.45) is 9.06. The summed E-state index contributed by atoms with van der Waals surface area (Å²) in [5, 5.41) is 3.86. The molecule has 2 heteroatoms. The molecule has 104 valence electrons. The zero-order valence-electron chi connectivity index (χ0n) is 12.1. The minimum absolute atomic E-state index is 0.0677. The van der Waals surface area contributed by atoms with Crippen LogP contribution in [0.25, 0.3) is 5.69 Å². The van der Waals surface area contributed by atoms with Crippen molar-refractivity contribution >= 4 is 5.69 Å². The predicted molar refractivity (Wildman–Crippen MR) is 83.3 cm³/mol. The normalized spacial score (nSPS) is 25.6. The molecule has 2 aromatic rings. The van der Waals surface area contributed by atoms with Crippen LogP contribution < -0.4 is 5.32 Å². The Kier molecular flexibility index (Phi) is 2.66. The molecule has 2 heterocycles. The Morgan fingerprint density at radius 3 is 2.70 bits per heavy atom. The van der Waals surface area contributed by atoms with Crippen molar-refractivity contribution < 1.29 is 0 Å². The van der Waals surface area contributed by atoms with Gasteiger partial charge in [-0.1, -0.05) is 31.4 Å². The highest BCUT2D eigenvalue weighted by atomic mass is 15.1. The largest absolute Gasteiger partial charge is 0.372 e. The molecule has 1 aromatic heterocycles. The molecule has 1 aliphatic carbocycles. The highest BCUT2D eigenvalue weighted by molar-refractivity contribution is 5.66. The molecule has 2 aliphatic rings. The summed E-state index contributed by atoms with van der Waals surface area (Å²) in [6, 6.07) is 13.1. The fraction of sp³-hybridized carbons (Fsp3) is 0.444. The van der Waals surface area contributed by atoms with E-state index < -0.39 is 0 Å². The van der Waals surface area contributed by atoms with Crippen molar-refractivity contribution in [1.29, 1.82) is 0 Å². The van der Waals surface area contributed by atoms with Crippen molar-refractivity contribution in [2.24, 2.45) is 5.92 Å². The lowest BCUT2D eigenvalue weighted by Gasteiger charge is -2.45. The third kappa shape index (κ3) is 1.64. The molecule has 1 fully saturated rings.